The van der Waals surface area contributed by atoms with Crippen LogP contribution in [0.5, 0.6) is 0 Å². The maximum atomic E-state index is 14.5. The molecule has 2 heteroatoms. The summed E-state index contributed by atoms with van der Waals surface area (Å²) in [7, 11) is 0. The molecule has 1 atom stereocenters. The second-order valence-electron chi connectivity index (χ2n) is 9.93. The molecule has 172 valence electrons. The van der Waals surface area contributed by atoms with Crippen molar-refractivity contribution in [1.29, 1.82) is 0 Å². The number of rotatable bonds is 10. The number of allylic oxidation sites excluding steroid dienone is 4. The summed E-state index contributed by atoms with van der Waals surface area (Å²) in [6.45, 7) is 4.10. The lowest BCUT2D eigenvalue weighted by Gasteiger charge is -2.30. The van der Waals surface area contributed by atoms with Crippen LogP contribution in [0.15, 0.2) is 30.4 Å². The molecule has 0 N–H and O–H groups in total. The molecule has 0 heterocycles. The van der Waals surface area contributed by atoms with E-state index in [0.717, 1.165) is 36.7 Å². The van der Waals surface area contributed by atoms with Crippen LogP contribution in [0.2, 0.25) is 0 Å². The average Bonchev–Trinajstić information content (AvgIpc) is 2.80. The van der Waals surface area contributed by atoms with Crippen molar-refractivity contribution < 1.29 is 8.78 Å². The minimum Gasteiger partial charge on any atom is -0.203 e. The van der Waals surface area contributed by atoms with E-state index in [1.54, 1.807) is 12.1 Å². The number of halogens is 2. The second kappa shape index (κ2) is 12.6. The normalized spacial score (nSPS) is 24.5. The van der Waals surface area contributed by atoms with Gasteiger partial charge in [-0.3, -0.25) is 0 Å². The Labute approximate surface area is 189 Å². The molecule has 0 saturated heterocycles. The van der Waals surface area contributed by atoms with Gasteiger partial charge in [-0.2, -0.15) is 0 Å². The van der Waals surface area contributed by atoms with Crippen molar-refractivity contribution in [1.82, 2.24) is 0 Å². The van der Waals surface area contributed by atoms with Gasteiger partial charge in [-0.05, 0) is 80.3 Å². The van der Waals surface area contributed by atoms with Crippen LogP contribution in [-0.4, -0.2) is 0 Å². The highest BCUT2D eigenvalue weighted by molar-refractivity contribution is 5.67. The Hall–Kier alpha value is -1.44. The summed E-state index contributed by atoms with van der Waals surface area (Å²) < 4.78 is 28.6. The van der Waals surface area contributed by atoms with Gasteiger partial charge in [0.2, 0.25) is 0 Å². The van der Waals surface area contributed by atoms with Gasteiger partial charge in [-0.1, -0.05) is 82.7 Å². The van der Waals surface area contributed by atoms with Gasteiger partial charge in [0.15, 0.2) is 11.6 Å². The van der Waals surface area contributed by atoms with Crippen molar-refractivity contribution >= 4 is 5.57 Å². The van der Waals surface area contributed by atoms with Crippen LogP contribution >= 0.6 is 0 Å². The van der Waals surface area contributed by atoms with Gasteiger partial charge in [0.25, 0.3) is 0 Å². The number of aryl methyl sites for hydroxylation is 1. The molecular weight excluding hydrogens is 386 g/mol. The van der Waals surface area contributed by atoms with Crippen LogP contribution in [-0.2, 0) is 6.42 Å². The van der Waals surface area contributed by atoms with Crippen LogP contribution in [0.4, 0.5) is 8.78 Å². The monoisotopic (exact) mass is 428 g/mol. The zero-order valence-corrected chi connectivity index (χ0v) is 19.8. The molecule has 1 aromatic rings. The van der Waals surface area contributed by atoms with Crippen LogP contribution < -0.4 is 0 Å². The van der Waals surface area contributed by atoms with E-state index >= 15 is 0 Å². The fourth-order valence-corrected chi connectivity index (χ4v) is 5.52. The lowest BCUT2D eigenvalue weighted by atomic mass is 9.76. The number of benzene rings is 1. The number of hydrogen-bond donors (Lipinski definition) is 0. The molecule has 3 rings (SSSR count). The molecule has 0 radical (unpaired) electrons. The molecule has 1 saturated carbocycles. The summed E-state index contributed by atoms with van der Waals surface area (Å²) in [5.41, 5.74) is 1.96. The third kappa shape index (κ3) is 7.02. The Morgan fingerprint density at radius 2 is 1.48 bits per heavy atom. The standard InChI is InChI=1S/C29H42F2/c1-3-5-6-7-8-9-22-10-12-23(13-11-22)14-15-24-16-18-26(19-17-24)27-21-20-25(4-2)28(30)29(27)31/h6-7,18,20-24H,3-5,8-17,19H2,1-2H3. The van der Waals surface area contributed by atoms with Crippen LogP contribution in [0, 0.1) is 29.4 Å². The Balaban J connectivity index is 1.38. The maximum absolute atomic E-state index is 14.5. The molecule has 1 aromatic carbocycles. The molecule has 2 aliphatic carbocycles. The highest BCUT2D eigenvalue weighted by Gasteiger charge is 2.24. The number of unbranched alkanes of at least 4 members (excludes halogenated alkanes) is 1. The predicted molar refractivity (Wildman–Crippen MR) is 129 cm³/mol. The van der Waals surface area contributed by atoms with E-state index in [1.165, 1.54) is 64.2 Å². The van der Waals surface area contributed by atoms with Crippen molar-refractivity contribution in [2.45, 2.75) is 104 Å². The van der Waals surface area contributed by atoms with Gasteiger partial charge in [0, 0.05) is 5.56 Å². The second-order valence-corrected chi connectivity index (χ2v) is 9.93. The first kappa shape index (κ1) is 24.2. The SMILES string of the molecule is CCCC=CCCC1CCC(CCC2CC=C(c3ccc(CC)c(F)c3F)CC2)CC1. The molecule has 0 aromatic heterocycles. The largest absolute Gasteiger partial charge is 0.203 e. The molecule has 31 heavy (non-hydrogen) atoms. The van der Waals surface area contributed by atoms with E-state index in [-0.39, 0.29) is 0 Å². The van der Waals surface area contributed by atoms with Gasteiger partial charge in [-0.25, -0.2) is 8.78 Å². The Morgan fingerprint density at radius 1 is 0.806 bits per heavy atom. The first-order valence-corrected chi connectivity index (χ1v) is 12.9. The molecule has 0 spiro atoms. The summed E-state index contributed by atoms with van der Waals surface area (Å²) in [5.74, 6) is 1.26. The molecule has 0 amide bonds. The minimum absolute atomic E-state index is 0.471. The van der Waals surface area contributed by atoms with Crippen LogP contribution in [0.3, 0.4) is 0 Å². The number of hydrogen-bond acceptors (Lipinski definition) is 0. The first-order chi connectivity index (χ1) is 15.1. The molecule has 1 fully saturated rings. The zero-order chi connectivity index (χ0) is 22.1. The average molecular weight is 429 g/mol. The lowest BCUT2D eigenvalue weighted by Crippen LogP contribution is -2.16. The smallest absolute Gasteiger partial charge is 0.166 e. The van der Waals surface area contributed by atoms with E-state index in [0.29, 0.717) is 23.5 Å². The third-order valence-corrected chi connectivity index (χ3v) is 7.72. The van der Waals surface area contributed by atoms with E-state index in [9.17, 15) is 8.78 Å². The summed E-state index contributed by atoms with van der Waals surface area (Å²) in [4.78, 5) is 0. The Morgan fingerprint density at radius 3 is 2.13 bits per heavy atom. The fourth-order valence-electron chi connectivity index (χ4n) is 5.52. The van der Waals surface area contributed by atoms with Gasteiger partial charge >= 0.3 is 0 Å². The summed E-state index contributed by atoms with van der Waals surface area (Å²) in [6.07, 6.45) is 23.9. The van der Waals surface area contributed by atoms with Crippen LogP contribution in [0.25, 0.3) is 5.57 Å². The lowest BCUT2D eigenvalue weighted by molar-refractivity contribution is 0.239. The van der Waals surface area contributed by atoms with Crippen molar-refractivity contribution in [3.8, 4) is 0 Å². The van der Waals surface area contributed by atoms with Crippen molar-refractivity contribution in [2.24, 2.45) is 17.8 Å². The fraction of sp³-hybridized carbons (Fsp3) is 0.655. The zero-order valence-electron chi connectivity index (χ0n) is 19.8. The molecule has 0 bridgehead atoms. The minimum atomic E-state index is -0.657. The van der Waals surface area contributed by atoms with Gasteiger partial charge < -0.3 is 0 Å². The predicted octanol–water partition coefficient (Wildman–Crippen LogP) is 9.43. The first-order valence-electron chi connectivity index (χ1n) is 12.9. The van der Waals surface area contributed by atoms with Crippen molar-refractivity contribution in [3.05, 3.63) is 53.1 Å². The topological polar surface area (TPSA) is 0 Å². The quantitative estimate of drug-likeness (QED) is 0.325. The maximum Gasteiger partial charge on any atom is 0.166 e. The molecule has 0 aliphatic heterocycles. The van der Waals surface area contributed by atoms with Crippen molar-refractivity contribution in [3.63, 3.8) is 0 Å². The van der Waals surface area contributed by atoms with Gasteiger partial charge in [-0.15, -0.1) is 0 Å². The molecule has 2 aliphatic rings. The Kier molecular flexibility index (Phi) is 9.81. The Bertz CT molecular complexity index is 737. The highest BCUT2D eigenvalue weighted by Crippen LogP contribution is 2.38. The summed E-state index contributed by atoms with van der Waals surface area (Å²) >= 11 is 0. The molecule has 0 nitrogen and oxygen atoms in total. The molecular formula is C29H42F2. The van der Waals surface area contributed by atoms with Crippen molar-refractivity contribution in [2.75, 3.05) is 0 Å². The molecule has 1 unspecified atom stereocenters. The highest BCUT2D eigenvalue weighted by atomic mass is 19.2. The van der Waals surface area contributed by atoms with E-state index < -0.39 is 11.6 Å². The summed E-state index contributed by atoms with van der Waals surface area (Å²) in [5, 5.41) is 0. The van der Waals surface area contributed by atoms with Gasteiger partial charge in [0.05, 0.1) is 0 Å². The summed E-state index contributed by atoms with van der Waals surface area (Å²) in [6, 6.07) is 3.53. The van der Waals surface area contributed by atoms with E-state index in [4.69, 9.17) is 0 Å². The third-order valence-electron chi connectivity index (χ3n) is 7.72. The van der Waals surface area contributed by atoms with E-state index in [2.05, 4.69) is 25.2 Å². The van der Waals surface area contributed by atoms with E-state index in [1.807, 2.05) is 6.92 Å². The van der Waals surface area contributed by atoms with Gasteiger partial charge in [0.1, 0.15) is 0 Å². The van der Waals surface area contributed by atoms with Crippen LogP contribution in [0.1, 0.15) is 108 Å².